The Morgan fingerprint density at radius 1 is 1.18 bits per heavy atom. The van der Waals surface area contributed by atoms with Crippen molar-refractivity contribution in [3.8, 4) is 11.5 Å². The van der Waals surface area contributed by atoms with Crippen molar-refractivity contribution in [3.05, 3.63) is 0 Å². The summed E-state index contributed by atoms with van der Waals surface area (Å²) in [6.07, 6.45) is 1.12. The molecule has 0 aromatic carbocycles. The molecule has 0 aromatic rings. The number of cyclic esters (lactones) is 1. The van der Waals surface area contributed by atoms with Gasteiger partial charge in [0.1, 0.15) is 19.8 Å². The monoisotopic (exact) mass is 340 g/mol. The van der Waals surface area contributed by atoms with Crippen LogP contribution < -0.4 is 0 Å². The Morgan fingerprint density at radius 2 is 1.68 bits per heavy atom. The highest BCUT2D eigenvalue weighted by atomic mass is 28.4. The summed E-state index contributed by atoms with van der Waals surface area (Å²) in [4.78, 5) is 11.1. The third-order valence-electron chi connectivity index (χ3n) is 4.30. The Kier molecular flexibility index (Phi) is 5.43. The van der Waals surface area contributed by atoms with E-state index in [4.69, 9.17) is 9.16 Å². The van der Waals surface area contributed by atoms with Crippen LogP contribution in [0.4, 0.5) is 0 Å². The predicted octanol–water partition coefficient (Wildman–Crippen LogP) is 4.35. The van der Waals surface area contributed by atoms with Gasteiger partial charge in [-0.1, -0.05) is 46.3 Å². The molecule has 5 heteroatoms. The summed E-state index contributed by atoms with van der Waals surface area (Å²) in [7, 11) is -3.42. The summed E-state index contributed by atoms with van der Waals surface area (Å²) in [6, 6.07) is 0. The number of hydrogen-bond donors (Lipinski definition) is 0. The maximum absolute atomic E-state index is 11.1. The van der Waals surface area contributed by atoms with Crippen LogP contribution in [-0.2, 0) is 14.0 Å². The normalized spacial score (nSPS) is 22.0. The van der Waals surface area contributed by atoms with E-state index in [2.05, 4.69) is 71.9 Å². The highest BCUT2D eigenvalue weighted by Gasteiger charge is 2.45. The Morgan fingerprint density at radius 3 is 2.05 bits per heavy atom. The minimum absolute atomic E-state index is 0.0433. The standard InChI is InChI=1S/C17H32O3Si2/c1-16(2,3)22(8,9)20-17(4,10-11-21(5,6)7)13-14-12-15(18)19-14/h14H,12-13H2,1-9H3/t14-,17+/m1/s1. The van der Waals surface area contributed by atoms with Crippen LogP contribution in [0.2, 0.25) is 37.8 Å². The molecule has 0 saturated carbocycles. The molecule has 0 aromatic heterocycles. The van der Waals surface area contributed by atoms with Crippen molar-refractivity contribution in [3.63, 3.8) is 0 Å². The average Bonchev–Trinajstić information content (AvgIpc) is 2.21. The molecule has 1 rings (SSSR count). The molecule has 126 valence electrons. The molecule has 0 aliphatic carbocycles. The summed E-state index contributed by atoms with van der Waals surface area (Å²) < 4.78 is 11.8. The molecule has 1 heterocycles. The van der Waals surface area contributed by atoms with Gasteiger partial charge in [-0.2, -0.15) is 0 Å². The Hall–Kier alpha value is -0.576. The van der Waals surface area contributed by atoms with Gasteiger partial charge in [-0.25, -0.2) is 0 Å². The second-order valence-corrected chi connectivity index (χ2v) is 18.6. The third-order valence-corrected chi connectivity index (χ3v) is 9.75. The fraction of sp³-hybridized carbons (Fsp3) is 0.824. The smallest absolute Gasteiger partial charge is 0.309 e. The first kappa shape index (κ1) is 19.5. The zero-order valence-corrected chi connectivity index (χ0v) is 17.7. The SMILES string of the molecule is CC(C)(C)[Si](C)(C)O[C@@](C)(C#C[Si](C)(C)C)C[C@H]1CC(=O)O1. The van der Waals surface area contributed by atoms with Gasteiger partial charge in [-0.05, 0) is 25.1 Å². The summed E-state index contributed by atoms with van der Waals surface area (Å²) >= 11 is 0. The lowest BCUT2D eigenvalue weighted by molar-refractivity contribution is -0.172. The second kappa shape index (κ2) is 6.14. The van der Waals surface area contributed by atoms with Gasteiger partial charge in [0.05, 0.1) is 6.42 Å². The second-order valence-electron chi connectivity index (χ2n) is 9.11. The molecular weight excluding hydrogens is 308 g/mol. The van der Waals surface area contributed by atoms with Crippen LogP contribution in [0.5, 0.6) is 0 Å². The molecule has 0 unspecified atom stereocenters. The van der Waals surface area contributed by atoms with Crippen LogP contribution in [0.25, 0.3) is 0 Å². The first-order valence-corrected chi connectivity index (χ1v) is 14.5. The molecule has 1 fully saturated rings. The fourth-order valence-electron chi connectivity index (χ4n) is 2.06. The molecule has 0 radical (unpaired) electrons. The third kappa shape index (κ3) is 5.56. The van der Waals surface area contributed by atoms with Crippen LogP contribution in [-0.4, -0.2) is 34.1 Å². The molecule has 0 N–H and O–H groups in total. The van der Waals surface area contributed by atoms with E-state index < -0.39 is 22.0 Å². The molecule has 1 aliphatic heterocycles. The van der Waals surface area contributed by atoms with Gasteiger partial charge in [0, 0.05) is 6.42 Å². The van der Waals surface area contributed by atoms with Crippen LogP contribution in [0.1, 0.15) is 40.5 Å². The van der Waals surface area contributed by atoms with Gasteiger partial charge in [0.15, 0.2) is 8.32 Å². The van der Waals surface area contributed by atoms with Gasteiger partial charge in [0.25, 0.3) is 0 Å². The Labute approximate surface area is 138 Å². The number of ether oxygens (including phenoxy) is 1. The first-order valence-electron chi connectivity index (χ1n) is 8.08. The lowest BCUT2D eigenvalue weighted by Crippen LogP contribution is -2.51. The van der Waals surface area contributed by atoms with Crippen molar-refractivity contribution in [2.45, 2.75) is 90.0 Å². The van der Waals surface area contributed by atoms with Crippen molar-refractivity contribution in [2.75, 3.05) is 0 Å². The topological polar surface area (TPSA) is 35.5 Å². The molecule has 2 atom stereocenters. The van der Waals surface area contributed by atoms with E-state index in [1.165, 1.54) is 0 Å². The van der Waals surface area contributed by atoms with E-state index >= 15 is 0 Å². The van der Waals surface area contributed by atoms with E-state index in [9.17, 15) is 4.79 Å². The number of rotatable bonds is 4. The molecular formula is C17H32O3Si2. The van der Waals surface area contributed by atoms with Gasteiger partial charge < -0.3 is 9.16 Å². The lowest BCUT2D eigenvalue weighted by Gasteiger charge is -2.44. The summed E-state index contributed by atoms with van der Waals surface area (Å²) in [6.45, 7) is 19.9. The van der Waals surface area contributed by atoms with Gasteiger partial charge in [-0.3, -0.25) is 4.79 Å². The van der Waals surface area contributed by atoms with E-state index in [0.29, 0.717) is 12.8 Å². The van der Waals surface area contributed by atoms with Crippen molar-refractivity contribution < 1.29 is 14.0 Å². The van der Waals surface area contributed by atoms with Crippen molar-refractivity contribution in [2.24, 2.45) is 0 Å². The molecule has 3 nitrogen and oxygen atoms in total. The lowest BCUT2D eigenvalue weighted by atomic mass is 9.95. The highest BCUT2D eigenvalue weighted by Crippen LogP contribution is 2.40. The van der Waals surface area contributed by atoms with Crippen LogP contribution in [0, 0.1) is 11.5 Å². The van der Waals surface area contributed by atoms with E-state index in [1.54, 1.807) is 0 Å². The zero-order valence-electron chi connectivity index (χ0n) is 15.7. The maximum atomic E-state index is 11.1. The van der Waals surface area contributed by atoms with E-state index in [-0.39, 0.29) is 17.1 Å². The molecule has 22 heavy (non-hydrogen) atoms. The zero-order chi connectivity index (χ0) is 17.4. The van der Waals surface area contributed by atoms with E-state index in [0.717, 1.165) is 0 Å². The van der Waals surface area contributed by atoms with Crippen LogP contribution >= 0.6 is 0 Å². The quantitative estimate of drug-likeness (QED) is 0.433. The molecule has 0 spiro atoms. The Bertz CT molecular complexity index is 481. The van der Waals surface area contributed by atoms with Crippen LogP contribution in [0.15, 0.2) is 0 Å². The summed E-state index contributed by atoms with van der Waals surface area (Å²) in [5, 5.41) is 0.130. The predicted molar refractivity (Wildman–Crippen MR) is 96.9 cm³/mol. The largest absolute Gasteiger partial charge is 0.461 e. The Balaban J connectivity index is 2.99. The van der Waals surface area contributed by atoms with Crippen molar-refractivity contribution in [1.29, 1.82) is 0 Å². The first-order chi connectivity index (χ1) is 9.64. The van der Waals surface area contributed by atoms with Gasteiger partial charge in [0.2, 0.25) is 0 Å². The molecule has 0 amide bonds. The highest BCUT2D eigenvalue weighted by molar-refractivity contribution is 6.83. The van der Waals surface area contributed by atoms with Crippen molar-refractivity contribution in [1.82, 2.24) is 0 Å². The summed E-state index contributed by atoms with van der Waals surface area (Å²) in [5.74, 6) is 3.30. The summed E-state index contributed by atoms with van der Waals surface area (Å²) in [5.41, 5.74) is 2.91. The average molecular weight is 341 g/mol. The minimum atomic E-state index is -1.94. The number of carbonyl (C=O) groups excluding carboxylic acids is 1. The van der Waals surface area contributed by atoms with Gasteiger partial charge >= 0.3 is 5.97 Å². The molecule has 0 bridgehead atoms. The fourth-order valence-corrected chi connectivity index (χ4v) is 4.27. The number of hydrogen-bond acceptors (Lipinski definition) is 3. The number of esters is 1. The van der Waals surface area contributed by atoms with Crippen molar-refractivity contribution >= 4 is 22.4 Å². The van der Waals surface area contributed by atoms with Crippen LogP contribution in [0.3, 0.4) is 0 Å². The molecule has 1 saturated heterocycles. The number of carbonyl (C=O) groups is 1. The maximum Gasteiger partial charge on any atom is 0.309 e. The minimum Gasteiger partial charge on any atom is -0.461 e. The molecule has 1 aliphatic rings. The van der Waals surface area contributed by atoms with Gasteiger partial charge in [-0.15, -0.1) is 5.54 Å². The van der Waals surface area contributed by atoms with E-state index in [1.807, 2.05) is 0 Å².